The molecule has 3 aliphatic carbocycles. The summed E-state index contributed by atoms with van der Waals surface area (Å²) in [5.74, 6) is 0. The van der Waals surface area contributed by atoms with Crippen LogP contribution in [0.5, 0.6) is 0 Å². The quantitative estimate of drug-likeness (QED) is 0.188. The summed E-state index contributed by atoms with van der Waals surface area (Å²) in [6.07, 6.45) is 37.9. The molecule has 1 heteroatoms. The maximum atomic E-state index is 3.95. The second kappa shape index (κ2) is 15.2. The van der Waals surface area contributed by atoms with Crippen molar-refractivity contribution in [3.63, 3.8) is 0 Å². The topological polar surface area (TPSA) is 3.24 Å². The number of hydrogen-bond donors (Lipinski definition) is 0. The SMILES string of the molecule is C=CC/C(C=C)=C\CC1=CCC(N(C2=CCCC=C2)c2ccccc2/C(C)=C/C=C(\CC)C2=C(C)C=CCC2)C=C1. The molecule has 0 aliphatic heterocycles. The summed E-state index contributed by atoms with van der Waals surface area (Å²) in [6.45, 7) is 14.6. The van der Waals surface area contributed by atoms with Gasteiger partial charge in [0.05, 0.1) is 6.04 Å². The highest BCUT2D eigenvalue weighted by Crippen LogP contribution is 2.36. The fourth-order valence-corrected chi connectivity index (χ4v) is 5.91. The molecule has 1 unspecified atom stereocenters. The van der Waals surface area contributed by atoms with Crippen molar-refractivity contribution in [3.8, 4) is 0 Å². The summed E-state index contributed by atoms with van der Waals surface area (Å²) >= 11 is 0. The van der Waals surface area contributed by atoms with Crippen LogP contribution in [-0.2, 0) is 0 Å². The van der Waals surface area contributed by atoms with E-state index in [1.165, 1.54) is 50.4 Å². The number of benzene rings is 1. The summed E-state index contributed by atoms with van der Waals surface area (Å²) in [5.41, 5.74) is 12.1. The van der Waals surface area contributed by atoms with Crippen molar-refractivity contribution in [2.24, 2.45) is 0 Å². The van der Waals surface area contributed by atoms with Gasteiger partial charge in [-0.3, -0.25) is 0 Å². The first-order valence-corrected chi connectivity index (χ1v) is 15.3. The molecule has 0 fully saturated rings. The average molecular weight is 542 g/mol. The molecule has 0 heterocycles. The summed E-state index contributed by atoms with van der Waals surface area (Å²) in [5, 5.41) is 0. The van der Waals surface area contributed by atoms with E-state index in [1.807, 2.05) is 12.2 Å². The van der Waals surface area contributed by atoms with Crippen molar-refractivity contribution in [1.82, 2.24) is 0 Å². The van der Waals surface area contributed by atoms with E-state index in [0.29, 0.717) is 0 Å². The molecule has 1 nitrogen and oxygen atoms in total. The van der Waals surface area contributed by atoms with Crippen molar-refractivity contribution in [3.05, 3.63) is 156 Å². The molecule has 0 aromatic heterocycles. The molecular weight excluding hydrogens is 494 g/mol. The minimum atomic E-state index is 0.265. The van der Waals surface area contributed by atoms with E-state index >= 15 is 0 Å². The van der Waals surface area contributed by atoms with Gasteiger partial charge in [0.1, 0.15) is 0 Å². The zero-order valence-corrected chi connectivity index (χ0v) is 25.4. The van der Waals surface area contributed by atoms with Crippen LogP contribution in [0.25, 0.3) is 5.57 Å². The summed E-state index contributed by atoms with van der Waals surface area (Å²) in [6, 6.07) is 9.19. The minimum Gasteiger partial charge on any atom is -0.334 e. The average Bonchev–Trinajstić information content (AvgIpc) is 3.02. The first kappa shape index (κ1) is 30.1. The Kier molecular flexibility index (Phi) is 11.2. The lowest BCUT2D eigenvalue weighted by atomic mass is 9.90. The van der Waals surface area contributed by atoms with E-state index in [9.17, 15) is 0 Å². The van der Waals surface area contributed by atoms with Gasteiger partial charge in [-0.2, -0.15) is 0 Å². The van der Waals surface area contributed by atoms with Gasteiger partial charge in [-0.15, -0.1) is 6.58 Å². The first-order chi connectivity index (χ1) is 20.0. The van der Waals surface area contributed by atoms with Crippen LogP contribution >= 0.6 is 0 Å². The van der Waals surface area contributed by atoms with Crippen molar-refractivity contribution < 1.29 is 0 Å². The molecule has 212 valence electrons. The van der Waals surface area contributed by atoms with E-state index < -0.39 is 0 Å². The molecule has 0 radical (unpaired) electrons. The third-order valence-electron chi connectivity index (χ3n) is 8.28. The van der Waals surface area contributed by atoms with E-state index in [0.717, 1.165) is 51.4 Å². The fourth-order valence-electron chi connectivity index (χ4n) is 5.91. The Hall–Kier alpha value is -3.84. The first-order valence-electron chi connectivity index (χ1n) is 15.3. The maximum absolute atomic E-state index is 3.95. The number of rotatable bonds is 12. The number of anilines is 1. The summed E-state index contributed by atoms with van der Waals surface area (Å²) in [4.78, 5) is 2.55. The van der Waals surface area contributed by atoms with Crippen LogP contribution in [0.3, 0.4) is 0 Å². The molecule has 1 aromatic rings. The van der Waals surface area contributed by atoms with Crippen LogP contribution in [-0.4, -0.2) is 6.04 Å². The number of para-hydroxylation sites is 1. The van der Waals surface area contributed by atoms with E-state index in [4.69, 9.17) is 0 Å². The Labute approximate surface area is 249 Å². The van der Waals surface area contributed by atoms with Crippen molar-refractivity contribution >= 4 is 11.3 Å². The Morgan fingerprint density at radius 2 is 1.83 bits per heavy atom. The fraction of sp³-hybridized carbons (Fsp3) is 0.300. The van der Waals surface area contributed by atoms with Crippen LogP contribution in [0.4, 0.5) is 5.69 Å². The zero-order valence-electron chi connectivity index (χ0n) is 25.4. The van der Waals surface area contributed by atoms with Gasteiger partial charge >= 0.3 is 0 Å². The molecule has 0 spiro atoms. The maximum Gasteiger partial charge on any atom is 0.0560 e. The van der Waals surface area contributed by atoms with Crippen LogP contribution in [0, 0.1) is 0 Å². The normalized spacial score (nSPS) is 19.7. The van der Waals surface area contributed by atoms with Gasteiger partial charge in [0, 0.05) is 16.9 Å². The number of allylic oxidation sites excluding steroid dienone is 17. The predicted octanol–water partition coefficient (Wildman–Crippen LogP) is 11.5. The van der Waals surface area contributed by atoms with Gasteiger partial charge in [0.2, 0.25) is 0 Å². The van der Waals surface area contributed by atoms with Gasteiger partial charge in [-0.1, -0.05) is 105 Å². The summed E-state index contributed by atoms with van der Waals surface area (Å²) in [7, 11) is 0. The van der Waals surface area contributed by atoms with E-state index in [2.05, 4.69) is 130 Å². The molecule has 0 N–H and O–H groups in total. The van der Waals surface area contributed by atoms with Crippen LogP contribution in [0.15, 0.2) is 150 Å². The lowest BCUT2D eigenvalue weighted by Gasteiger charge is -2.36. The molecule has 0 amide bonds. The third kappa shape index (κ3) is 7.88. The lowest BCUT2D eigenvalue weighted by Crippen LogP contribution is -2.34. The molecule has 0 saturated heterocycles. The molecule has 0 bridgehead atoms. The monoisotopic (exact) mass is 541 g/mol. The highest BCUT2D eigenvalue weighted by Gasteiger charge is 2.23. The smallest absolute Gasteiger partial charge is 0.0560 e. The van der Waals surface area contributed by atoms with Crippen LogP contribution < -0.4 is 4.90 Å². The molecule has 0 saturated carbocycles. The number of hydrogen-bond acceptors (Lipinski definition) is 1. The predicted molar refractivity (Wildman–Crippen MR) is 182 cm³/mol. The van der Waals surface area contributed by atoms with Crippen LogP contribution in [0.2, 0.25) is 0 Å². The van der Waals surface area contributed by atoms with Gasteiger partial charge in [0.15, 0.2) is 0 Å². The molecule has 41 heavy (non-hydrogen) atoms. The Bertz CT molecular complexity index is 1390. The Morgan fingerprint density at radius 1 is 1.00 bits per heavy atom. The molecule has 1 atom stereocenters. The second-order valence-electron chi connectivity index (χ2n) is 11.1. The minimum absolute atomic E-state index is 0.265. The van der Waals surface area contributed by atoms with Crippen molar-refractivity contribution in [1.29, 1.82) is 0 Å². The molecule has 1 aromatic carbocycles. The standard InChI is InChI=1S/C40H47N/c1-6-16-33(7-2)24-25-34-26-29-37(30-27-34)41(36-18-10-9-11-19-36)40-22-15-14-21-39(40)32(5)23-28-35(8-3)38-20-13-12-17-31(38)4/h6-7,10,12,14-15,17-19,21-24,26-29,37H,1-2,8-9,11,13,16,20,25,30H2,3-5H3/b32-23+,33-24-,35-28+. The van der Waals surface area contributed by atoms with E-state index in [1.54, 1.807) is 0 Å². The van der Waals surface area contributed by atoms with Crippen molar-refractivity contribution in [2.45, 2.75) is 78.2 Å². The van der Waals surface area contributed by atoms with Gasteiger partial charge in [-0.25, -0.2) is 0 Å². The van der Waals surface area contributed by atoms with Crippen molar-refractivity contribution in [2.75, 3.05) is 4.90 Å². The highest BCUT2D eigenvalue weighted by molar-refractivity contribution is 5.79. The largest absolute Gasteiger partial charge is 0.334 e. The Morgan fingerprint density at radius 3 is 2.51 bits per heavy atom. The molecule has 4 rings (SSSR count). The van der Waals surface area contributed by atoms with Crippen LogP contribution in [0.1, 0.15) is 77.7 Å². The Balaban J connectivity index is 1.65. The lowest BCUT2D eigenvalue weighted by molar-refractivity contribution is 0.747. The molecule has 3 aliphatic rings. The third-order valence-corrected chi connectivity index (χ3v) is 8.28. The number of nitrogens with zero attached hydrogens (tertiary/aromatic N) is 1. The molecular formula is C40H47N. The van der Waals surface area contributed by atoms with Gasteiger partial charge in [-0.05, 0) is 111 Å². The summed E-state index contributed by atoms with van der Waals surface area (Å²) < 4.78 is 0. The highest BCUT2D eigenvalue weighted by atomic mass is 15.2. The second-order valence-corrected chi connectivity index (χ2v) is 11.1. The zero-order chi connectivity index (χ0) is 29.0. The van der Waals surface area contributed by atoms with Gasteiger partial charge in [0.25, 0.3) is 0 Å². The van der Waals surface area contributed by atoms with E-state index in [-0.39, 0.29) is 6.04 Å². The van der Waals surface area contributed by atoms with Gasteiger partial charge < -0.3 is 4.90 Å².